The van der Waals surface area contributed by atoms with Gasteiger partial charge in [-0.15, -0.1) is 0 Å². The molecule has 1 aliphatic heterocycles. The van der Waals surface area contributed by atoms with Gasteiger partial charge in [0.2, 0.25) is 0 Å². The minimum atomic E-state index is -0.410. The summed E-state index contributed by atoms with van der Waals surface area (Å²) in [6, 6.07) is 5.53. The summed E-state index contributed by atoms with van der Waals surface area (Å²) in [4.78, 5) is 22.1. The van der Waals surface area contributed by atoms with E-state index in [1.54, 1.807) is 11.0 Å². The lowest BCUT2D eigenvalue weighted by molar-refractivity contribution is -0.00291. The number of aliphatic hydroxyl groups is 1. The summed E-state index contributed by atoms with van der Waals surface area (Å²) in [6.07, 6.45) is 6.92. The van der Waals surface area contributed by atoms with E-state index in [1.165, 1.54) is 12.8 Å². The highest BCUT2D eigenvalue weighted by Crippen LogP contribution is 2.45. The maximum atomic E-state index is 12.8. The number of hydrogen-bond donors (Lipinski definition) is 2. The van der Waals surface area contributed by atoms with Gasteiger partial charge in [-0.25, -0.2) is 4.98 Å². The molecule has 0 aromatic carbocycles. The maximum absolute atomic E-state index is 12.8. The number of nitrogens with one attached hydrogen (secondary N) is 1. The van der Waals surface area contributed by atoms with Crippen LogP contribution >= 0.6 is 0 Å². The zero-order valence-electron chi connectivity index (χ0n) is 12.6. The molecule has 3 heterocycles. The zero-order chi connectivity index (χ0) is 15.2. The number of hydrogen-bond acceptors (Lipinski definition) is 3. The first kappa shape index (κ1) is 13.8. The van der Waals surface area contributed by atoms with E-state index in [4.69, 9.17) is 0 Å². The van der Waals surface area contributed by atoms with Crippen molar-refractivity contribution in [1.82, 2.24) is 14.9 Å². The summed E-state index contributed by atoms with van der Waals surface area (Å²) in [5.74, 6) is -0.0619. The molecule has 116 valence electrons. The van der Waals surface area contributed by atoms with Crippen molar-refractivity contribution in [3.63, 3.8) is 0 Å². The summed E-state index contributed by atoms with van der Waals surface area (Å²) in [6.45, 7) is 1.18. The number of aliphatic hydroxyl groups excluding tert-OH is 1. The SMILES string of the molecule is O=C(c1ccc2[nH]ccc2n1)N1CC(O)CC2(CCCC2)C1. The molecule has 0 radical (unpaired) electrons. The fourth-order valence-electron chi connectivity index (χ4n) is 4.21. The molecule has 5 nitrogen and oxygen atoms in total. The van der Waals surface area contributed by atoms with E-state index in [1.807, 2.05) is 18.3 Å². The third-order valence-electron chi connectivity index (χ3n) is 5.20. The third kappa shape index (κ3) is 2.29. The number of likely N-dealkylation sites (tertiary alicyclic amines) is 1. The largest absolute Gasteiger partial charge is 0.391 e. The van der Waals surface area contributed by atoms with E-state index in [0.29, 0.717) is 12.2 Å². The van der Waals surface area contributed by atoms with Gasteiger partial charge in [0.15, 0.2) is 0 Å². The van der Waals surface area contributed by atoms with Crippen LogP contribution in [0.2, 0.25) is 0 Å². The average Bonchev–Trinajstić information content (AvgIpc) is 3.14. The number of aromatic nitrogens is 2. The van der Waals surface area contributed by atoms with Crippen LogP contribution in [0.3, 0.4) is 0 Å². The number of carbonyl (C=O) groups excluding carboxylic acids is 1. The average molecular weight is 299 g/mol. The van der Waals surface area contributed by atoms with Crippen LogP contribution in [-0.4, -0.2) is 45.1 Å². The quantitative estimate of drug-likeness (QED) is 0.849. The molecule has 5 heteroatoms. The van der Waals surface area contributed by atoms with Gasteiger partial charge in [0, 0.05) is 19.3 Å². The normalized spacial score (nSPS) is 24.2. The molecule has 0 bridgehead atoms. The van der Waals surface area contributed by atoms with Crippen molar-refractivity contribution in [2.24, 2.45) is 5.41 Å². The molecular weight excluding hydrogens is 278 g/mol. The number of piperidine rings is 1. The van der Waals surface area contributed by atoms with E-state index in [2.05, 4.69) is 9.97 Å². The van der Waals surface area contributed by atoms with Crippen LogP contribution in [0.5, 0.6) is 0 Å². The van der Waals surface area contributed by atoms with Gasteiger partial charge in [-0.2, -0.15) is 0 Å². The first-order chi connectivity index (χ1) is 10.7. The lowest BCUT2D eigenvalue weighted by Crippen LogP contribution is -2.51. The Bertz CT molecular complexity index is 703. The minimum absolute atomic E-state index is 0.0619. The van der Waals surface area contributed by atoms with Gasteiger partial charge < -0.3 is 15.0 Å². The summed E-state index contributed by atoms with van der Waals surface area (Å²) < 4.78 is 0. The first-order valence-corrected chi connectivity index (χ1v) is 8.07. The Labute approximate surface area is 129 Å². The molecule has 1 amide bonds. The molecule has 2 aromatic rings. The van der Waals surface area contributed by atoms with Crippen molar-refractivity contribution in [3.05, 3.63) is 30.1 Å². The lowest BCUT2D eigenvalue weighted by Gasteiger charge is -2.42. The molecule has 2 fully saturated rings. The molecule has 1 aliphatic carbocycles. The number of nitrogens with zero attached hydrogens (tertiary/aromatic N) is 2. The van der Waals surface area contributed by atoms with Gasteiger partial charge in [0.25, 0.3) is 5.91 Å². The topological polar surface area (TPSA) is 69.2 Å². The number of rotatable bonds is 1. The van der Waals surface area contributed by atoms with Crippen LogP contribution in [-0.2, 0) is 0 Å². The lowest BCUT2D eigenvalue weighted by atomic mass is 9.77. The van der Waals surface area contributed by atoms with E-state index >= 15 is 0 Å². The van der Waals surface area contributed by atoms with Gasteiger partial charge in [-0.3, -0.25) is 4.79 Å². The van der Waals surface area contributed by atoms with E-state index in [9.17, 15) is 9.90 Å². The zero-order valence-corrected chi connectivity index (χ0v) is 12.6. The minimum Gasteiger partial charge on any atom is -0.391 e. The highest BCUT2D eigenvalue weighted by Gasteiger charge is 2.42. The van der Waals surface area contributed by atoms with Gasteiger partial charge in [0.05, 0.1) is 17.1 Å². The maximum Gasteiger partial charge on any atom is 0.272 e. The fourth-order valence-corrected chi connectivity index (χ4v) is 4.21. The Kier molecular flexibility index (Phi) is 3.18. The number of fused-ring (bicyclic) bond motifs is 1. The van der Waals surface area contributed by atoms with Gasteiger partial charge in [-0.05, 0) is 42.9 Å². The highest BCUT2D eigenvalue weighted by atomic mass is 16.3. The van der Waals surface area contributed by atoms with Crippen molar-refractivity contribution >= 4 is 16.9 Å². The van der Waals surface area contributed by atoms with Crippen LogP contribution < -0.4 is 0 Å². The van der Waals surface area contributed by atoms with E-state index < -0.39 is 6.10 Å². The van der Waals surface area contributed by atoms with Crippen molar-refractivity contribution in [2.45, 2.75) is 38.2 Å². The number of H-pyrrole nitrogens is 1. The Morgan fingerprint density at radius 3 is 2.95 bits per heavy atom. The molecule has 2 aromatic heterocycles. The number of pyridine rings is 1. The van der Waals surface area contributed by atoms with Gasteiger partial charge >= 0.3 is 0 Å². The predicted octanol–water partition coefficient (Wildman–Crippen LogP) is 2.33. The van der Waals surface area contributed by atoms with Crippen molar-refractivity contribution in [2.75, 3.05) is 13.1 Å². The summed E-state index contributed by atoms with van der Waals surface area (Å²) >= 11 is 0. The Balaban J connectivity index is 1.60. The van der Waals surface area contributed by atoms with Crippen LogP contribution in [0, 0.1) is 5.41 Å². The summed E-state index contributed by atoms with van der Waals surface area (Å²) in [5.41, 5.74) is 2.33. The van der Waals surface area contributed by atoms with Crippen molar-refractivity contribution in [3.8, 4) is 0 Å². The Morgan fingerprint density at radius 2 is 2.14 bits per heavy atom. The second-order valence-electron chi connectivity index (χ2n) is 6.86. The number of amides is 1. The molecule has 1 atom stereocenters. The van der Waals surface area contributed by atoms with Crippen LogP contribution in [0.15, 0.2) is 24.4 Å². The molecule has 4 rings (SSSR count). The highest BCUT2D eigenvalue weighted by molar-refractivity contribution is 5.94. The Morgan fingerprint density at radius 1 is 1.32 bits per heavy atom. The second kappa shape index (κ2) is 5.09. The molecule has 1 saturated carbocycles. The van der Waals surface area contributed by atoms with Crippen molar-refractivity contribution in [1.29, 1.82) is 0 Å². The molecule has 1 spiro atoms. The molecule has 2 aliphatic rings. The second-order valence-corrected chi connectivity index (χ2v) is 6.86. The molecular formula is C17H21N3O2. The predicted molar refractivity (Wildman–Crippen MR) is 83.5 cm³/mol. The third-order valence-corrected chi connectivity index (χ3v) is 5.20. The summed E-state index contributed by atoms with van der Waals surface area (Å²) in [7, 11) is 0. The van der Waals surface area contributed by atoms with Crippen LogP contribution in [0.1, 0.15) is 42.6 Å². The number of aromatic amines is 1. The van der Waals surface area contributed by atoms with E-state index in [0.717, 1.165) is 36.8 Å². The van der Waals surface area contributed by atoms with Crippen molar-refractivity contribution < 1.29 is 9.90 Å². The Hall–Kier alpha value is -1.88. The summed E-state index contributed by atoms with van der Waals surface area (Å²) in [5, 5.41) is 10.2. The van der Waals surface area contributed by atoms with E-state index in [-0.39, 0.29) is 11.3 Å². The van der Waals surface area contributed by atoms with Gasteiger partial charge in [0.1, 0.15) is 5.69 Å². The smallest absolute Gasteiger partial charge is 0.272 e. The fraction of sp³-hybridized carbons (Fsp3) is 0.529. The van der Waals surface area contributed by atoms with Gasteiger partial charge in [-0.1, -0.05) is 12.8 Å². The molecule has 1 unspecified atom stereocenters. The molecule has 2 N–H and O–H groups in total. The number of carbonyl (C=O) groups is 1. The molecule has 1 saturated heterocycles. The van der Waals surface area contributed by atoms with Crippen LogP contribution in [0.25, 0.3) is 11.0 Å². The standard InChI is InChI=1S/C17H21N3O2/c21-12-9-17(6-1-2-7-17)11-20(10-12)16(22)15-4-3-13-14(19-15)5-8-18-13/h3-5,8,12,18,21H,1-2,6-7,9-11H2. The molecule has 22 heavy (non-hydrogen) atoms. The van der Waals surface area contributed by atoms with Crippen LogP contribution in [0.4, 0.5) is 0 Å². The first-order valence-electron chi connectivity index (χ1n) is 8.07. The monoisotopic (exact) mass is 299 g/mol. The number of β-amino-alcohol motifs (C(OH)–C–C–N with tert-alkyl or cyclic N) is 1.